The van der Waals surface area contributed by atoms with Crippen LogP contribution in [0.2, 0.25) is 0 Å². The Hall–Kier alpha value is -2.13. The summed E-state index contributed by atoms with van der Waals surface area (Å²) in [6, 6.07) is 5.18. The third kappa shape index (κ3) is 8.87. The number of hydrogen-bond acceptors (Lipinski definition) is 7. The average Bonchev–Trinajstić information content (AvgIpc) is 2.68. The second-order valence-corrected chi connectivity index (χ2v) is 5.50. The first-order valence-corrected chi connectivity index (χ1v) is 8.93. The molecule has 150 valence electrons. The van der Waals surface area contributed by atoms with Crippen molar-refractivity contribution in [3.8, 4) is 11.5 Å². The minimum absolute atomic E-state index is 0.296. The van der Waals surface area contributed by atoms with Crippen molar-refractivity contribution in [2.24, 2.45) is 0 Å². The van der Waals surface area contributed by atoms with Crippen molar-refractivity contribution in [1.82, 2.24) is 0 Å². The summed E-state index contributed by atoms with van der Waals surface area (Å²) in [5.74, 6) is 0.784. The number of benzene rings is 1. The van der Waals surface area contributed by atoms with Gasteiger partial charge in [0.25, 0.3) is 0 Å². The molecule has 0 unspecified atom stereocenters. The average molecular weight is 381 g/mol. The smallest absolute Gasteiger partial charge is 0.247 e. The summed E-state index contributed by atoms with van der Waals surface area (Å²) in [6.45, 7) is 8.01. The van der Waals surface area contributed by atoms with Crippen LogP contribution in [-0.2, 0) is 23.7 Å². The highest BCUT2D eigenvalue weighted by Crippen LogP contribution is 2.30. The predicted octanol–water partition coefficient (Wildman–Crippen LogP) is 1.65. The van der Waals surface area contributed by atoms with Gasteiger partial charge in [0.15, 0.2) is 11.5 Å². The van der Waals surface area contributed by atoms with Crippen LogP contribution in [0.15, 0.2) is 30.9 Å². The summed E-state index contributed by atoms with van der Waals surface area (Å²) in [5, 5.41) is 2.70. The van der Waals surface area contributed by atoms with E-state index in [1.807, 2.05) is 0 Å². The number of anilines is 1. The van der Waals surface area contributed by atoms with E-state index in [4.69, 9.17) is 28.4 Å². The molecule has 0 saturated heterocycles. The molecule has 0 bridgehead atoms. The second kappa shape index (κ2) is 13.1. The number of nitrogens with one attached hydrogen (secondary N) is 1. The third-order valence-corrected chi connectivity index (χ3v) is 3.48. The van der Waals surface area contributed by atoms with Gasteiger partial charge in [-0.1, -0.05) is 6.58 Å². The molecule has 2 rings (SSSR count). The summed E-state index contributed by atoms with van der Waals surface area (Å²) in [6.07, 6.45) is 1.21. The normalized spacial score (nSPS) is 17.9. The van der Waals surface area contributed by atoms with E-state index < -0.39 is 0 Å². The van der Waals surface area contributed by atoms with E-state index in [1.165, 1.54) is 6.08 Å². The zero-order valence-corrected chi connectivity index (χ0v) is 15.4. The summed E-state index contributed by atoms with van der Waals surface area (Å²) in [7, 11) is 0. The van der Waals surface area contributed by atoms with E-state index in [2.05, 4.69) is 11.9 Å². The molecule has 0 spiro atoms. The first kappa shape index (κ1) is 21.2. The fourth-order valence-corrected chi connectivity index (χ4v) is 2.19. The zero-order chi connectivity index (χ0) is 19.2. The van der Waals surface area contributed by atoms with Gasteiger partial charge in [-0.3, -0.25) is 4.79 Å². The maximum Gasteiger partial charge on any atom is 0.247 e. The van der Waals surface area contributed by atoms with Gasteiger partial charge >= 0.3 is 0 Å². The second-order valence-electron chi connectivity index (χ2n) is 5.50. The number of fused-ring (bicyclic) bond motifs is 1. The van der Waals surface area contributed by atoms with Gasteiger partial charge in [-0.2, -0.15) is 0 Å². The molecule has 0 radical (unpaired) electrons. The lowest BCUT2D eigenvalue weighted by atomic mass is 10.2. The van der Waals surface area contributed by atoms with Crippen molar-refractivity contribution in [2.45, 2.75) is 0 Å². The zero-order valence-electron chi connectivity index (χ0n) is 15.4. The Balaban J connectivity index is 1.95. The molecule has 8 nitrogen and oxygen atoms in total. The standard InChI is InChI=1S/C19H27NO7/c1-2-19(21)20-16-3-4-17-18(15-16)27-14-12-25-10-8-23-6-5-22-7-9-24-11-13-26-17/h2-4,15H,1,5-14H2,(H,20,21). The van der Waals surface area contributed by atoms with Crippen LogP contribution in [-0.4, -0.2) is 72.0 Å². The van der Waals surface area contributed by atoms with E-state index in [9.17, 15) is 4.79 Å². The number of ether oxygens (including phenoxy) is 6. The SMILES string of the molecule is C=CC(=O)Nc1ccc2c(c1)OCCOCCOCCOCCOCCO2. The summed E-state index contributed by atoms with van der Waals surface area (Å²) >= 11 is 0. The number of carbonyl (C=O) groups excluding carboxylic acids is 1. The molecule has 0 fully saturated rings. The van der Waals surface area contributed by atoms with Gasteiger partial charge in [-0.05, 0) is 18.2 Å². The maximum atomic E-state index is 11.5. The quantitative estimate of drug-likeness (QED) is 0.780. The lowest BCUT2D eigenvalue weighted by molar-refractivity contribution is -0.111. The van der Waals surface area contributed by atoms with Gasteiger partial charge in [-0.15, -0.1) is 0 Å². The van der Waals surface area contributed by atoms with Crippen LogP contribution in [0.4, 0.5) is 5.69 Å². The lowest BCUT2D eigenvalue weighted by Crippen LogP contribution is -2.16. The van der Waals surface area contributed by atoms with Crippen molar-refractivity contribution in [2.75, 3.05) is 71.4 Å². The van der Waals surface area contributed by atoms with E-state index in [0.29, 0.717) is 83.3 Å². The molecule has 8 heteroatoms. The first-order valence-electron chi connectivity index (χ1n) is 8.93. The van der Waals surface area contributed by atoms with Crippen LogP contribution < -0.4 is 14.8 Å². The van der Waals surface area contributed by atoms with Crippen molar-refractivity contribution in [3.05, 3.63) is 30.9 Å². The first-order chi connectivity index (χ1) is 13.3. The van der Waals surface area contributed by atoms with Crippen molar-refractivity contribution >= 4 is 11.6 Å². The van der Waals surface area contributed by atoms with E-state index >= 15 is 0 Å². The summed E-state index contributed by atoms with van der Waals surface area (Å²) in [4.78, 5) is 11.5. The highest BCUT2D eigenvalue weighted by atomic mass is 16.6. The number of amides is 1. The van der Waals surface area contributed by atoms with Crippen LogP contribution in [0.5, 0.6) is 11.5 Å². The van der Waals surface area contributed by atoms with Gasteiger partial charge in [-0.25, -0.2) is 0 Å². The Morgan fingerprint density at radius 3 is 1.78 bits per heavy atom. The van der Waals surface area contributed by atoms with Crippen LogP contribution >= 0.6 is 0 Å². The number of hydrogen-bond donors (Lipinski definition) is 1. The van der Waals surface area contributed by atoms with E-state index in [0.717, 1.165) is 0 Å². The molecule has 1 aromatic carbocycles. The molecular weight excluding hydrogens is 354 g/mol. The fraction of sp³-hybridized carbons (Fsp3) is 0.526. The van der Waals surface area contributed by atoms with Gasteiger partial charge in [0.05, 0.1) is 52.9 Å². The molecule has 1 amide bonds. The molecule has 0 saturated carbocycles. The van der Waals surface area contributed by atoms with Crippen molar-refractivity contribution in [3.63, 3.8) is 0 Å². The molecule has 1 N–H and O–H groups in total. The van der Waals surface area contributed by atoms with E-state index in [1.54, 1.807) is 18.2 Å². The van der Waals surface area contributed by atoms with Crippen molar-refractivity contribution < 1.29 is 33.2 Å². The highest BCUT2D eigenvalue weighted by Gasteiger charge is 2.09. The van der Waals surface area contributed by atoms with Crippen LogP contribution in [0.25, 0.3) is 0 Å². The molecular formula is C19H27NO7. The summed E-state index contributed by atoms with van der Waals surface area (Å²) in [5.41, 5.74) is 0.590. The highest BCUT2D eigenvalue weighted by molar-refractivity contribution is 5.99. The topological polar surface area (TPSA) is 84.5 Å². The monoisotopic (exact) mass is 381 g/mol. The molecule has 1 heterocycles. The molecule has 1 aliphatic heterocycles. The predicted molar refractivity (Wildman–Crippen MR) is 99.5 cm³/mol. The number of rotatable bonds is 2. The Bertz CT molecular complexity index is 579. The molecule has 1 aromatic rings. The Morgan fingerprint density at radius 1 is 0.778 bits per heavy atom. The lowest BCUT2D eigenvalue weighted by Gasteiger charge is -2.15. The van der Waals surface area contributed by atoms with Crippen LogP contribution in [0, 0.1) is 0 Å². The Labute approximate surface area is 159 Å². The van der Waals surface area contributed by atoms with Gasteiger partial charge in [0.1, 0.15) is 13.2 Å². The third-order valence-electron chi connectivity index (χ3n) is 3.48. The van der Waals surface area contributed by atoms with Crippen LogP contribution in [0.1, 0.15) is 0 Å². The molecule has 27 heavy (non-hydrogen) atoms. The van der Waals surface area contributed by atoms with Gasteiger partial charge in [0.2, 0.25) is 5.91 Å². The Kier molecular flexibility index (Phi) is 10.3. The molecule has 0 aliphatic carbocycles. The summed E-state index contributed by atoms with van der Waals surface area (Å²) < 4.78 is 33.2. The molecule has 0 aromatic heterocycles. The molecule has 0 atom stereocenters. The maximum absolute atomic E-state index is 11.5. The largest absolute Gasteiger partial charge is 0.487 e. The molecule has 1 aliphatic rings. The number of carbonyl (C=O) groups is 1. The van der Waals surface area contributed by atoms with Gasteiger partial charge in [0, 0.05) is 11.8 Å². The minimum Gasteiger partial charge on any atom is -0.487 e. The van der Waals surface area contributed by atoms with E-state index in [-0.39, 0.29) is 5.91 Å². The van der Waals surface area contributed by atoms with Gasteiger partial charge < -0.3 is 33.7 Å². The van der Waals surface area contributed by atoms with Crippen LogP contribution in [0.3, 0.4) is 0 Å². The fourth-order valence-electron chi connectivity index (χ4n) is 2.19. The Morgan fingerprint density at radius 2 is 1.26 bits per heavy atom. The van der Waals surface area contributed by atoms with Crippen molar-refractivity contribution in [1.29, 1.82) is 0 Å². The minimum atomic E-state index is -0.296.